The van der Waals surface area contributed by atoms with Crippen molar-refractivity contribution in [2.45, 2.75) is 6.92 Å². The third-order valence-electron chi connectivity index (χ3n) is 5.22. The highest BCUT2D eigenvalue weighted by molar-refractivity contribution is 7.20. The van der Waals surface area contributed by atoms with Crippen LogP contribution in [0.3, 0.4) is 0 Å². The van der Waals surface area contributed by atoms with Crippen LogP contribution in [-0.4, -0.2) is 57.3 Å². The van der Waals surface area contributed by atoms with E-state index >= 15 is 0 Å². The van der Waals surface area contributed by atoms with Crippen LogP contribution >= 0.6 is 22.9 Å². The van der Waals surface area contributed by atoms with Crippen molar-refractivity contribution in [3.63, 3.8) is 0 Å². The van der Waals surface area contributed by atoms with E-state index in [4.69, 9.17) is 11.6 Å². The molecule has 1 aliphatic heterocycles. The molecule has 7 nitrogen and oxygen atoms in total. The van der Waals surface area contributed by atoms with Gasteiger partial charge in [-0.3, -0.25) is 14.4 Å². The summed E-state index contributed by atoms with van der Waals surface area (Å²) < 4.78 is 14.6. The second kappa shape index (κ2) is 7.81. The standard InChI is InChI=1S/C20H18ClFN4O3S/c1-11-15-17(23-10-24(2)19(15)28)30-16(11)20(29)26-7-5-25(6-8-26)18(27)13-4-3-12(22)9-14(13)21/h3-4,9-10H,5-8H2,1-2H3. The highest BCUT2D eigenvalue weighted by Crippen LogP contribution is 2.28. The molecule has 1 aliphatic rings. The molecule has 1 fully saturated rings. The Bertz CT molecular complexity index is 1230. The Kier molecular flexibility index (Phi) is 5.33. The van der Waals surface area contributed by atoms with Crippen LogP contribution in [0.5, 0.6) is 0 Å². The number of nitrogens with zero attached hydrogens (tertiary/aromatic N) is 4. The van der Waals surface area contributed by atoms with E-state index in [0.29, 0.717) is 46.8 Å². The summed E-state index contributed by atoms with van der Waals surface area (Å²) >= 11 is 7.21. The van der Waals surface area contributed by atoms with Crippen LogP contribution in [0.2, 0.25) is 5.02 Å². The number of halogens is 2. The zero-order valence-corrected chi connectivity index (χ0v) is 17.9. The molecule has 0 N–H and O–H groups in total. The minimum atomic E-state index is -0.505. The summed E-state index contributed by atoms with van der Waals surface area (Å²) in [6.07, 6.45) is 1.44. The molecular weight excluding hydrogens is 431 g/mol. The number of carbonyl (C=O) groups excluding carboxylic acids is 2. The van der Waals surface area contributed by atoms with Crippen LogP contribution < -0.4 is 5.56 Å². The Morgan fingerprint density at radius 2 is 1.77 bits per heavy atom. The Hall–Kier alpha value is -2.78. The lowest BCUT2D eigenvalue weighted by atomic mass is 10.1. The molecule has 3 aromatic rings. The minimum Gasteiger partial charge on any atom is -0.335 e. The van der Waals surface area contributed by atoms with Crippen LogP contribution in [0.1, 0.15) is 25.6 Å². The fourth-order valence-electron chi connectivity index (χ4n) is 3.50. The van der Waals surface area contributed by atoms with Crippen LogP contribution in [0, 0.1) is 12.7 Å². The summed E-state index contributed by atoms with van der Waals surface area (Å²) in [6, 6.07) is 3.67. The van der Waals surface area contributed by atoms with Gasteiger partial charge in [-0.05, 0) is 30.7 Å². The third-order valence-corrected chi connectivity index (χ3v) is 6.72. The first-order chi connectivity index (χ1) is 14.3. The molecule has 156 valence electrons. The van der Waals surface area contributed by atoms with E-state index in [1.807, 2.05) is 0 Å². The summed E-state index contributed by atoms with van der Waals surface area (Å²) in [5, 5.41) is 0.529. The highest BCUT2D eigenvalue weighted by Gasteiger charge is 2.29. The van der Waals surface area contributed by atoms with Gasteiger partial charge in [0.1, 0.15) is 10.6 Å². The van der Waals surface area contributed by atoms with E-state index in [0.717, 1.165) is 6.07 Å². The summed E-state index contributed by atoms with van der Waals surface area (Å²) in [7, 11) is 1.62. The monoisotopic (exact) mass is 448 g/mol. The summed E-state index contributed by atoms with van der Waals surface area (Å²) in [6.45, 7) is 3.13. The molecule has 0 aliphatic carbocycles. The number of thiophene rings is 1. The quantitative estimate of drug-likeness (QED) is 0.604. The van der Waals surface area contributed by atoms with Crippen molar-refractivity contribution in [3.05, 3.63) is 61.7 Å². The number of rotatable bonds is 2. The topological polar surface area (TPSA) is 75.5 Å². The molecule has 4 rings (SSSR count). The number of benzene rings is 1. The van der Waals surface area contributed by atoms with Gasteiger partial charge in [-0.1, -0.05) is 11.6 Å². The average Bonchev–Trinajstić information content (AvgIpc) is 3.07. The highest BCUT2D eigenvalue weighted by atomic mass is 35.5. The van der Waals surface area contributed by atoms with E-state index in [1.54, 1.807) is 23.8 Å². The largest absolute Gasteiger partial charge is 0.335 e. The first-order valence-corrected chi connectivity index (χ1v) is 10.5. The Morgan fingerprint density at radius 3 is 2.40 bits per heavy atom. The maximum absolute atomic E-state index is 13.2. The van der Waals surface area contributed by atoms with Crippen molar-refractivity contribution in [2.24, 2.45) is 7.05 Å². The maximum Gasteiger partial charge on any atom is 0.264 e. The fraction of sp³-hybridized carbons (Fsp3) is 0.300. The number of piperazine rings is 1. The van der Waals surface area contributed by atoms with Crippen LogP contribution in [0.15, 0.2) is 29.3 Å². The lowest BCUT2D eigenvalue weighted by Gasteiger charge is -2.34. The second-order valence-electron chi connectivity index (χ2n) is 7.11. The van der Waals surface area contributed by atoms with Gasteiger partial charge in [0, 0.05) is 33.2 Å². The van der Waals surface area contributed by atoms with E-state index in [-0.39, 0.29) is 28.0 Å². The molecule has 0 radical (unpaired) electrons. The third kappa shape index (κ3) is 3.48. The van der Waals surface area contributed by atoms with Gasteiger partial charge in [-0.2, -0.15) is 0 Å². The van der Waals surface area contributed by atoms with Crippen molar-refractivity contribution >= 4 is 45.0 Å². The van der Waals surface area contributed by atoms with E-state index in [2.05, 4.69) is 4.98 Å². The van der Waals surface area contributed by atoms with Gasteiger partial charge < -0.3 is 14.4 Å². The number of fused-ring (bicyclic) bond motifs is 1. The van der Waals surface area contributed by atoms with Gasteiger partial charge in [0.05, 0.1) is 27.2 Å². The second-order valence-corrected chi connectivity index (χ2v) is 8.51. The van der Waals surface area contributed by atoms with E-state index in [1.165, 1.54) is 34.4 Å². The summed E-state index contributed by atoms with van der Waals surface area (Å²) in [5.74, 6) is -0.975. The van der Waals surface area contributed by atoms with E-state index < -0.39 is 5.82 Å². The van der Waals surface area contributed by atoms with Gasteiger partial charge >= 0.3 is 0 Å². The molecule has 0 saturated carbocycles. The molecule has 0 bridgehead atoms. The molecule has 30 heavy (non-hydrogen) atoms. The number of hydrogen-bond donors (Lipinski definition) is 0. The van der Waals surface area contributed by atoms with Gasteiger partial charge in [-0.15, -0.1) is 11.3 Å². The van der Waals surface area contributed by atoms with Gasteiger partial charge in [-0.25, -0.2) is 9.37 Å². The lowest BCUT2D eigenvalue weighted by Crippen LogP contribution is -2.50. The van der Waals surface area contributed by atoms with Gasteiger partial charge in [0.15, 0.2) is 0 Å². The predicted octanol–water partition coefficient (Wildman–Crippen LogP) is 2.69. The molecule has 2 amide bonds. The number of carbonyl (C=O) groups is 2. The average molecular weight is 449 g/mol. The minimum absolute atomic E-state index is 0.0634. The predicted molar refractivity (Wildman–Crippen MR) is 113 cm³/mol. The number of hydrogen-bond acceptors (Lipinski definition) is 5. The summed E-state index contributed by atoms with van der Waals surface area (Å²) in [4.78, 5) is 46.7. The first-order valence-electron chi connectivity index (χ1n) is 9.26. The van der Waals surface area contributed by atoms with Gasteiger partial charge in [0.2, 0.25) is 0 Å². The molecule has 10 heteroatoms. The smallest absolute Gasteiger partial charge is 0.264 e. The number of aromatic nitrogens is 2. The van der Waals surface area contributed by atoms with Crippen LogP contribution in [-0.2, 0) is 7.05 Å². The van der Waals surface area contributed by atoms with E-state index in [9.17, 15) is 18.8 Å². The normalized spacial score (nSPS) is 14.4. The fourth-order valence-corrected chi connectivity index (χ4v) is 4.86. The summed E-state index contributed by atoms with van der Waals surface area (Å²) in [5.41, 5.74) is 0.685. The van der Waals surface area contributed by atoms with Crippen LogP contribution in [0.25, 0.3) is 10.2 Å². The number of aryl methyl sites for hydroxylation is 2. The lowest BCUT2D eigenvalue weighted by molar-refractivity contribution is 0.0538. The van der Waals surface area contributed by atoms with Crippen molar-refractivity contribution in [1.29, 1.82) is 0 Å². The molecule has 2 aromatic heterocycles. The van der Waals surface area contributed by atoms with Crippen LogP contribution in [0.4, 0.5) is 4.39 Å². The molecule has 0 spiro atoms. The molecular formula is C20H18ClFN4O3S. The van der Waals surface area contributed by atoms with Crippen molar-refractivity contribution < 1.29 is 14.0 Å². The zero-order chi connectivity index (χ0) is 21.6. The van der Waals surface area contributed by atoms with Gasteiger partial charge in [0.25, 0.3) is 17.4 Å². The molecule has 0 unspecified atom stereocenters. The Balaban J connectivity index is 1.50. The maximum atomic E-state index is 13.2. The molecule has 1 saturated heterocycles. The van der Waals surface area contributed by atoms with Crippen molar-refractivity contribution in [3.8, 4) is 0 Å². The Morgan fingerprint density at radius 1 is 1.13 bits per heavy atom. The van der Waals surface area contributed by atoms with Crippen molar-refractivity contribution in [2.75, 3.05) is 26.2 Å². The first kappa shape index (κ1) is 20.5. The molecule has 0 atom stereocenters. The molecule has 3 heterocycles. The SMILES string of the molecule is Cc1c(C(=O)N2CCN(C(=O)c3ccc(F)cc3Cl)CC2)sc2ncn(C)c(=O)c12. The molecule has 1 aromatic carbocycles. The van der Waals surface area contributed by atoms with Crippen molar-refractivity contribution in [1.82, 2.24) is 19.4 Å². The zero-order valence-electron chi connectivity index (χ0n) is 16.3. The Labute approximate surface area is 180 Å². The number of amides is 2.